The van der Waals surface area contributed by atoms with Gasteiger partial charge in [0.15, 0.2) is 11.6 Å². The number of thiophene rings is 1. The van der Waals surface area contributed by atoms with Gasteiger partial charge in [0.2, 0.25) is 0 Å². The zero-order valence-electron chi connectivity index (χ0n) is 16.9. The Hall–Kier alpha value is -2.72. The molecule has 146 valence electrons. The minimum absolute atomic E-state index is 0.214. The number of allylic oxidation sites excluding steroid dienone is 10. The normalized spacial score (nSPS) is 13.6. The van der Waals surface area contributed by atoms with Crippen molar-refractivity contribution < 1.29 is 8.78 Å². The summed E-state index contributed by atoms with van der Waals surface area (Å²) in [5.41, 5.74) is 3.99. The fraction of sp³-hybridized carbons (Fsp3) is 0.120. The summed E-state index contributed by atoms with van der Waals surface area (Å²) in [6, 6.07) is 6.55. The predicted octanol–water partition coefficient (Wildman–Crippen LogP) is 7.08. The Morgan fingerprint density at radius 2 is 1.62 bits per heavy atom. The van der Waals surface area contributed by atoms with E-state index < -0.39 is 11.6 Å². The van der Waals surface area contributed by atoms with E-state index in [0.717, 1.165) is 16.7 Å². The Kier molecular flexibility index (Phi) is 7.92. The fourth-order valence-electron chi connectivity index (χ4n) is 2.63. The molecule has 0 bridgehead atoms. The molecule has 0 aliphatic heterocycles. The standard InChI is InChI=1S/C25H23BF2S/c1-6-16(3)8-9-17(4)19(7-2)11-10-18(5)20-12-13-21(25(28)24(20)27)22-14-15-23(26)29-22/h6-15H,1-2H2,3-5H3/b16-8-,17-9+,18-10+,19-11+. The van der Waals surface area contributed by atoms with Gasteiger partial charge in [-0.25, -0.2) is 8.78 Å². The van der Waals surface area contributed by atoms with Crippen molar-refractivity contribution in [2.45, 2.75) is 20.8 Å². The molecule has 2 rings (SSSR count). The molecular formula is C25H23BF2S. The SMILES string of the molecule is [B]c1ccc(-c2ccc(/C(C)=C/C=C(C=C)/C(C)=C/C=C(/C)C=C)c(F)c2F)s1. The minimum Gasteiger partial charge on any atom is -0.203 e. The molecule has 0 spiro atoms. The molecule has 1 aromatic carbocycles. The number of halogens is 2. The average Bonchev–Trinajstić information content (AvgIpc) is 3.14. The Morgan fingerprint density at radius 3 is 2.21 bits per heavy atom. The molecule has 0 aliphatic carbocycles. The van der Waals surface area contributed by atoms with Crippen LogP contribution in [0.5, 0.6) is 0 Å². The van der Waals surface area contributed by atoms with Crippen LogP contribution in [0.3, 0.4) is 0 Å². The Labute approximate surface area is 177 Å². The zero-order chi connectivity index (χ0) is 21.6. The second-order valence-corrected chi connectivity index (χ2v) is 7.75. The van der Waals surface area contributed by atoms with E-state index in [1.807, 2.05) is 32.1 Å². The summed E-state index contributed by atoms with van der Waals surface area (Å²) < 4.78 is 29.9. The van der Waals surface area contributed by atoms with Gasteiger partial charge >= 0.3 is 0 Å². The van der Waals surface area contributed by atoms with E-state index in [-0.39, 0.29) is 11.1 Å². The summed E-state index contributed by atoms with van der Waals surface area (Å²) in [5.74, 6) is -1.74. The maximum Gasteiger partial charge on any atom is 0.168 e. The fourth-order valence-corrected chi connectivity index (χ4v) is 3.42. The third kappa shape index (κ3) is 5.64. The van der Waals surface area contributed by atoms with Gasteiger partial charge in [-0.05, 0) is 54.4 Å². The highest BCUT2D eigenvalue weighted by Gasteiger charge is 2.16. The first-order valence-electron chi connectivity index (χ1n) is 9.11. The number of benzene rings is 1. The summed E-state index contributed by atoms with van der Waals surface area (Å²) in [6.45, 7) is 13.2. The van der Waals surface area contributed by atoms with E-state index in [0.29, 0.717) is 15.2 Å². The molecule has 0 nitrogen and oxygen atoms in total. The van der Waals surface area contributed by atoms with Crippen LogP contribution < -0.4 is 4.78 Å². The first-order chi connectivity index (χ1) is 13.8. The van der Waals surface area contributed by atoms with Gasteiger partial charge in [0.05, 0.1) is 0 Å². The van der Waals surface area contributed by atoms with Gasteiger partial charge in [-0.15, -0.1) is 0 Å². The van der Waals surface area contributed by atoms with E-state index >= 15 is 0 Å². The topological polar surface area (TPSA) is 0 Å². The summed E-state index contributed by atoms with van der Waals surface area (Å²) in [5, 5.41) is 0. The smallest absolute Gasteiger partial charge is 0.168 e. The molecule has 0 amide bonds. The van der Waals surface area contributed by atoms with Crippen molar-refractivity contribution in [1.29, 1.82) is 0 Å². The number of hydrogen-bond acceptors (Lipinski definition) is 1. The Morgan fingerprint density at radius 1 is 0.897 bits per heavy atom. The van der Waals surface area contributed by atoms with Crippen molar-refractivity contribution in [2.24, 2.45) is 0 Å². The van der Waals surface area contributed by atoms with E-state index in [9.17, 15) is 8.78 Å². The van der Waals surface area contributed by atoms with Crippen LogP contribution in [0, 0.1) is 11.6 Å². The van der Waals surface area contributed by atoms with Crippen molar-refractivity contribution in [1.82, 2.24) is 0 Å². The monoisotopic (exact) mass is 404 g/mol. The van der Waals surface area contributed by atoms with Crippen LogP contribution >= 0.6 is 11.3 Å². The van der Waals surface area contributed by atoms with E-state index in [4.69, 9.17) is 7.85 Å². The van der Waals surface area contributed by atoms with Crippen LogP contribution in [0.1, 0.15) is 26.3 Å². The van der Waals surface area contributed by atoms with Gasteiger partial charge in [0.25, 0.3) is 0 Å². The molecule has 0 saturated carbocycles. The molecule has 4 heteroatoms. The van der Waals surface area contributed by atoms with E-state index in [1.165, 1.54) is 11.3 Å². The van der Waals surface area contributed by atoms with Gasteiger partial charge < -0.3 is 0 Å². The second-order valence-electron chi connectivity index (χ2n) is 6.63. The van der Waals surface area contributed by atoms with Crippen LogP contribution in [-0.2, 0) is 0 Å². The van der Waals surface area contributed by atoms with E-state index in [2.05, 4.69) is 13.2 Å². The van der Waals surface area contributed by atoms with Gasteiger partial charge in [-0.2, -0.15) is 11.3 Å². The maximum absolute atomic E-state index is 14.7. The molecule has 1 heterocycles. The lowest BCUT2D eigenvalue weighted by molar-refractivity contribution is 0.509. The van der Waals surface area contributed by atoms with Gasteiger partial charge in [-0.3, -0.25) is 0 Å². The van der Waals surface area contributed by atoms with Crippen LogP contribution in [0.15, 0.2) is 90.6 Å². The first kappa shape index (κ1) is 22.6. The highest BCUT2D eigenvalue weighted by atomic mass is 32.1. The number of hydrogen-bond donors (Lipinski definition) is 0. The Balaban J connectivity index is 2.37. The Bertz CT molecular complexity index is 1050. The van der Waals surface area contributed by atoms with Crippen molar-refractivity contribution >= 4 is 29.5 Å². The molecule has 0 unspecified atom stereocenters. The van der Waals surface area contributed by atoms with Crippen LogP contribution in [-0.4, -0.2) is 7.85 Å². The first-order valence-corrected chi connectivity index (χ1v) is 9.93. The highest BCUT2D eigenvalue weighted by molar-refractivity contribution is 7.23. The van der Waals surface area contributed by atoms with Crippen LogP contribution in [0.2, 0.25) is 0 Å². The minimum atomic E-state index is -0.869. The zero-order valence-corrected chi connectivity index (χ0v) is 17.7. The summed E-state index contributed by atoms with van der Waals surface area (Å²) in [7, 11) is 5.70. The molecule has 0 fully saturated rings. The molecule has 1 aromatic heterocycles. The van der Waals surface area contributed by atoms with Gasteiger partial charge in [0, 0.05) is 16.0 Å². The summed E-state index contributed by atoms with van der Waals surface area (Å²) in [6.07, 6.45) is 11.0. The third-order valence-electron chi connectivity index (χ3n) is 4.51. The van der Waals surface area contributed by atoms with Gasteiger partial charge in [-0.1, -0.05) is 67.3 Å². The lowest BCUT2D eigenvalue weighted by Crippen LogP contribution is -1.95. The molecule has 2 radical (unpaired) electrons. The van der Waals surface area contributed by atoms with Crippen LogP contribution in [0.4, 0.5) is 8.78 Å². The lowest BCUT2D eigenvalue weighted by atomic mass is 10.0. The molecule has 29 heavy (non-hydrogen) atoms. The molecular weight excluding hydrogens is 381 g/mol. The summed E-state index contributed by atoms with van der Waals surface area (Å²) >= 11 is 1.23. The molecule has 0 saturated heterocycles. The predicted molar refractivity (Wildman–Crippen MR) is 125 cm³/mol. The quantitative estimate of drug-likeness (QED) is 0.342. The lowest BCUT2D eigenvalue weighted by Gasteiger charge is -2.08. The van der Waals surface area contributed by atoms with Crippen LogP contribution in [0.25, 0.3) is 16.0 Å². The van der Waals surface area contributed by atoms with Crippen molar-refractivity contribution in [3.05, 3.63) is 108 Å². The average molecular weight is 404 g/mol. The molecule has 2 aromatic rings. The largest absolute Gasteiger partial charge is 0.203 e. The second kappa shape index (κ2) is 10.2. The van der Waals surface area contributed by atoms with E-state index in [1.54, 1.807) is 49.4 Å². The number of rotatable bonds is 7. The molecule has 0 atom stereocenters. The maximum atomic E-state index is 14.7. The molecule has 0 aliphatic rings. The van der Waals surface area contributed by atoms with Crippen molar-refractivity contribution in [2.75, 3.05) is 0 Å². The molecule has 0 N–H and O–H groups in total. The summed E-state index contributed by atoms with van der Waals surface area (Å²) in [4.78, 5) is 0.601. The van der Waals surface area contributed by atoms with Gasteiger partial charge in [0.1, 0.15) is 7.85 Å². The van der Waals surface area contributed by atoms with Crippen molar-refractivity contribution in [3.8, 4) is 10.4 Å². The van der Waals surface area contributed by atoms with Crippen molar-refractivity contribution in [3.63, 3.8) is 0 Å². The third-order valence-corrected chi connectivity index (χ3v) is 5.45. The highest BCUT2D eigenvalue weighted by Crippen LogP contribution is 2.31.